The number of aliphatic hydroxyl groups is 1. The van der Waals surface area contributed by atoms with Gasteiger partial charge in [0.15, 0.2) is 0 Å². The maximum absolute atomic E-state index is 10.9. The molecule has 4 nitrogen and oxygen atoms in total. The van der Waals surface area contributed by atoms with E-state index in [1.807, 2.05) is 6.08 Å². The van der Waals surface area contributed by atoms with Gasteiger partial charge < -0.3 is 15.5 Å². The number of aliphatic hydroxyl groups excluding tert-OH is 1. The average Bonchev–Trinajstić information content (AvgIpc) is 2.59. The molecule has 1 heterocycles. The van der Waals surface area contributed by atoms with Crippen LogP contribution in [-0.4, -0.2) is 28.8 Å². The van der Waals surface area contributed by atoms with Gasteiger partial charge in [-0.05, 0) is 11.8 Å². The lowest BCUT2D eigenvalue weighted by molar-refractivity contribution is -0.133. The van der Waals surface area contributed by atoms with Crippen LogP contribution in [0.1, 0.15) is 0 Å². The molecule has 14 heavy (non-hydrogen) atoms. The first-order valence-corrected chi connectivity index (χ1v) is 4.41. The molecule has 1 aliphatic heterocycles. The summed E-state index contributed by atoms with van der Waals surface area (Å²) in [6, 6.07) is -0.0201. The summed E-state index contributed by atoms with van der Waals surface area (Å²) < 4.78 is 0. The molecular weight excluding hydrogens is 182 g/mol. The van der Waals surface area contributed by atoms with Gasteiger partial charge in [-0.3, -0.25) is 0 Å². The smallest absolute Gasteiger partial charge is 0.332 e. The highest BCUT2D eigenvalue weighted by atomic mass is 16.4. The van der Waals surface area contributed by atoms with Crippen molar-refractivity contribution in [1.82, 2.24) is 5.32 Å². The van der Waals surface area contributed by atoms with E-state index >= 15 is 0 Å². The van der Waals surface area contributed by atoms with E-state index in [9.17, 15) is 4.79 Å². The van der Waals surface area contributed by atoms with Crippen LogP contribution in [0.4, 0.5) is 0 Å². The van der Waals surface area contributed by atoms with E-state index in [0.29, 0.717) is 5.57 Å². The van der Waals surface area contributed by atoms with E-state index in [1.165, 1.54) is 0 Å². The average molecular weight is 193 g/mol. The molecule has 1 aliphatic carbocycles. The van der Waals surface area contributed by atoms with Crippen molar-refractivity contribution in [3.8, 4) is 0 Å². The molecule has 2 aliphatic rings. The predicted octanol–water partition coefficient (Wildman–Crippen LogP) is 0.0314. The Morgan fingerprint density at radius 1 is 1.57 bits per heavy atom. The number of aliphatic carboxylic acids is 1. The quantitative estimate of drug-likeness (QED) is 0.578. The molecule has 0 saturated heterocycles. The first-order chi connectivity index (χ1) is 6.74. The Balaban J connectivity index is 2.33. The van der Waals surface area contributed by atoms with Gasteiger partial charge in [0.2, 0.25) is 0 Å². The van der Waals surface area contributed by atoms with Gasteiger partial charge in [0.25, 0.3) is 0 Å². The Kier molecular flexibility index (Phi) is 2.13. The molecular formula is C10H11NO3. The Bertz CT molecular complexity index is 354. The fourth-order valence-corrected chi connectivity index (χ4v) is 1.91. The molecule has 0 amide bonds. The van der Waals surface area contributed by atoms with Gasteiger partial charge in [0.1, 0.15) is 0 Å². The van der Waals surface area contributed by atoms with Crippen molar-refractivity contribution in [1.29, 1.82) is 0 Å². The van der Waals surface area contributed by atoms with Crippen LogP contribution in [0.25, 0.3) is 0 Å². The topological polar surface area (TPSA) is 69.6 Å². The number of hydrogen-bond donors (Lipinski definition) is 3. The standard InChI is InChI=1S/C10H11NO3/c12-5-6-4-11-8-3-1-2-7(9(6)8)10(13)14/h1-4,8-9,11-12H,5H2,(H,13,14). The molecule has 0 aromatic rings. The number of carboxylic acids is 1. The van der Waals surface area contributed by atoms with Gasteiger partial charge in [-0.1, -0.05) is 18.2 Å². The minimum Gasteiger partial charge on any atom is -0.478 e. The van der Waals surface area contributed by atoms with Crippen LogP contribution in [0.3, 0.4) is 0 Å². The third-order valence-electron chi connectivity index (χ3n) is 2.58. The molecule has 0 saturated carbocycles. The van der Waals surface area contributed by atoms with Crippen LogP contribution in [0, 0.1) is 5.92 Å². The summed E-state index contributed by atoms with van der Waals surface area (Å²) in [4.78, 5) is 10.9. The Hall–Kier alpha value is -1.55. The second kappa shape index (κ2) is 3.31. The van der Waals surface area contributed by atoms with Crippen molar-refractivity contribution in [2.75, 3.05) is 6.61 Å². The summed E-state index contributed by atoms with van der Waals surface area (Å²) in [7, 11) is 0. The molecule has 3 N–H and O–H groups in total. The normalized spacial score (nSPS) is 28.9. The van der Waals surface area contributed by atoms with Gasteiger partial charge >= 0.3 is 5.97 Å². The summed E-state index contributed by atoms with van der Waals surface area (Å²) in [5.41, 5.74) is 1.07. The van der Waals surface area contributed by atoms with Gasteiger partial charge in [-0.15, -0.1) is 0 Å². The summed E-state index contributed by atoms with van der Waals surface area (Å²) >= 11 is 0. The molecule has 2 rings (SSSR count). The zero-order valence-corrected chi connectivity index (χ0v) is 7.47. The number of rotatable bonds is 2. The van der Waals surface area contributed by atoms with Crippen molar-refractivity contribution < 1.29 is 15.0 Å². The molecule has 0 bridgehead atoms. The van der Waals surface area contributed by atoms with E-state index in [1.54, 1.807) is 18.4 Å². The number of nitrogens with one attached hydrogen (secondary N) is 1. The molecule has 0 aromatic carbocycles. The zero-order valence-electron chi connectivity index (χ0n) is 7.47. The minimum absolute atomic E-state index is 0.0201. The van der Waals surface area contributed by atoms with E-state index in [-0.39, 0.29) is 18.6 Å². The van der Waals surface area contributed by atoms with Crippen molar-refractivity contribution in [2.24, 2.45) is 5.92 Å². The highest BCUT2D eigenvalue weighted by molar-refractivity contribution is 5.89. The second-order valence-corrected chi connectivity index (χ2v) is 3.36. The third kappa shape index (κ3) is 1.24. The Morgan fingerprint density at radius 2 is 2.36 bits per heavy atom. The monoisotopic (exact) mass is 193 g/mol. The van der Waals surface area contributed by atoms with Gasteiger partial charge in [-0.2, -0.15) is 0 Å². The number of allylic oxidation sites excluding steroid dienone is 2. The SMILES string of the molecule is O=C(O)C1=CC=CC2NC=C(CO)C12. The van der Waals surface area contributed by atoms with Crippen molar-refractivity contribution in [2.45, 2.75) is 6.04 Å². The summed E-state index contributed by atoms with van der Waals surface area (Å²) in [6.45, 7) is -0.105. The largest absolute Gasteiger partial charge is 0.478 e. The van der Waals surface area contributed by atoms with Crippen molar-refractivity contribution >= 4 is 5.97 Å². The number of hydrogen-bond acceptors (Lipinski definition) is 3. The first-order valence-electron chi connectivity index (χ1n) is 4.41. The summed E-state index contributed by atoms with van der Waals surface area (Å²) in [5.74, 6) is -1.14. The predicted molar refractivity (Wildman–Crippen MR) is 50.4 cm³/mol. The summed E-state index contributed by atoms with van der Waals surface area (Å²) in [6.07, 6.45) is 6.91. The van der Waals surface area contributed by atoms with Crippen LogP contribution in [-0.2, 0) is 4.79 Å². The van der Waals surface area contributed by atoms with E-state index < -0.39 is 5.97 Å². The lowest BCUT2D eigenvalue weighted by atomic mass is 9.84. The number of fused-ring (bicyclic) bond motifs is 1. The first kappa shape index (κ1) is 9.02. The van der Waals surface area contributed by atoms with Crippen LogP contribution in [0.5, 0.6) is 0 Å². The zero-order chi connectivity index (χ0) is 10.1. The third-order valence-corrected chi connectivity index (χ3v) is 2.58. The molecule has 4 heteroatoms. The molecule has 0 fully saturated rings. The van der Waals surface area contributed by atoms with E-state index in [0.717, 1.165) is 5.57 Å². The molecule has 0 spiro atoms. The van der Waals surface area contributed by atoms with Crippen LogP contribution in [0.2, 0.25) is 0 Å². The number of carbonyl (C=O) groups is 1. The molecule has 74 valence electrons. The number of carboxylic acid groups (broad SMARTS) is 1. The van der Waals surface area contributed by atoms with Crippen molar-refractivity contribution in [3.05, 3.63) is 35.6 Å². The van der Waals surface area contributed by atoms with Gasteiger partial charge in [-0.25, -0.2) is 4.79 Å². The highest BCUT2D eigenvalue weighted by Crippen LogP contribution is 2.31. The van der Waals surface area contributed by atoms with Crippen LogP contribution < -0.4 is 5.32 Å². The van der Waals surface area contributed by atoms with E-state index in [4.69, 9.17) is 10.2 Å². The minimum atomic E-state index is -0.924. The fraction of sp³-hybridized carbons (Fsp3) is 0.300. The maximum Gasteiger partial charge on any atom is 0.332 e. The summed E-state index contributed by atoms with van der Waals surface area (Å²) in [5, 5.41) is 21.0. The van der Waals surface area contributed by atoms with Gasteiger partial charge in [0, 0.05) is 11.5 Å². The Labute approximate surface area is 81.2 Å². The highest BCUT2D eigenvalue weighted by Gasteiger charge is 2.34. The fourth-order valence-electron chi connectivity index (χ4n) is 1.91. The Morgan fingerprint density at radius 3 is 3.00 bits per heavy atom. The lowest BCUT2D eigenvalue weighted by Crippen LogP contribution is -2.31. The van der Waals surface area contributed by atoms with E-state index in [2.05, 4.69) is 5.32 Å². The maximum atomic E-state index is 10.9. The second-order valence-electron chi connectivity index (χ2n) is 3.36. The molecule has 2 unspecified atom stereocenters. The van der Waals surface area contributed by atoms with Gasteiger partial charge in [0.05, 0.1) is 12.6 Å². The molecule has 0 aromatic heterocycles. The lowest BCUT2D eigenvalue weighted by Gasteiger charge is -2.22. The molecule has 2 atom stereocenters. The van der Waals surface area contributed by atoms with Crippen LogP contribution in [0.15, 0.2) is 35.6 Å². The van der Waals surface area contributed by atoms with Crippen LogP contribution >= 0.6 is 0 Å². The van der Waals surface area contributed by atoms with Crippen molar-refractivity contribution in [3.63, 3.8) is 0 Å². The molecule has 0 radical (unpaired) electrons.